The van der Waals surface area contributed by atoms with Crippen LogP contribution in [0.4, 0.5) is 5.69 Å². The Morgan fingerprint density at radius 1 is 1.37 bits per heavy atom. The van der Waals surface area contributed by atoms with E-state index < -0.39 is 14.8 Å². The minimum atomic E-state index is -3.46. The van der Waals surface area contributed by atoms with E-state index in [-0.39, 0.29) is 23.1 Å². The number of nitrogens with zero attached hydrogens (tertiary/aromatic N) is 2. The molecule has 1 aromatic carbocycles. The SMILES string of the molecule is CS(=O)(=O)c1cnc(Cc2ccccc2[N+](=O)[O-])o1. The summed E-state index contributed by atoms with van der Waals surface area (Å²) < 4.78 is 27.5. The van der Waals surface area contributed by atoms with Crippen LogP contribution in [0.25, 0.3) is 0 Å². The highest BCUT2D eigenvalue weighted by atomic mass is 32.2. The van der Waals surface area contributed by atoms with Gasteiger partial charge in [0, 0.05) is 17.9 Å². The second kappa shape index (κ2) is 4.81. The Bertz CT molecular complexity index is 720. The van der Waals surface area contributed by atoms with Crippen molar-refractivity contribution in [1.82, 2.24) is 4.98 Å². The number of nitro groups is 1. The van der Waals surface area contributed by atoms with E-state index in [0.717, 1.165) is 12.5 Å². The minimum absolute atomic E-state index is 0.0541. The average Bonchev–Trinajstić information content (AvgIpc) is 2.77. The largest absolute Gasteiger partial charge is 0.429 e. The minimum Gasteiger partial charge on any atom is -0.429 e. The van der Waals surface area contributed by atoms with Gasteiger partial charge in [-0.3, -0.25) is 10.1 Å². The summed E-state index contributed by atoms with van der Waals surface area (Å²) in [5.41, 5.74) is 0.357. The van der Waals surface area contributed by atoms with E-state index in [1.807, 2.05) is 0 Å². The molecule has 0 unspecified atom stereocenters. The molecule has 19 heavy (non-hydrogen) atoms. The molecule has 0 radical (unpaired) electrons. The first kappa shape index (κ1) is 13.2. The lowest BCUT2D eigenvalue weighted by Crippen LogP contribution is -1.96. The molecule has 0 spiro atoms. The molecule has 0 atom stereocenters. The fourth-order valence-corrected chi connectivity index (χ4v) is 2.04. The molecule has 100 valence electrons. The molecule has 0 N–H and O–H groups in total. The van der Waals surface area contributed by atoms with Crippen LogP contribution in [-0.2, 0) is 16.3 Å². The molecule has 0 aliphatic heterocycles. The van der Waals surface area contributed by atoms with Crippen molar-refractivity contribution < 1.29 is 17.8 Å². The number of aromatic nitrogens is 1. The number of para-hydroxylation sites is 1. The van der Waals surface area contributed by atoms with E-state index in [9.17, 15) is 18.5 Å². The molecule has 0 fully saturated rings. The molecule has 7 nitrogen and oxygen atoms in total. The van der Waals surface area contributed by atoms with Gasteiger partial charge < -0.3 is 4.42 Å². The number of nitro benzene ring substituents is 1. The number of rotatable bonds is 4. The molecule has 0 aliphatic carbocycles. The van der Waals surface area contributed by atoms with Gasteiger partial charge in [-0.1, -0.05) is 18.2 Å². The van der Waals surface area contributed by atoms with E-state index in [1.165, 1.54) is 6.07 Å². The van der Waals surface area contributed by atoms with Crippen LogP contribution < -0.4 is 0 Å². The van der Waals surface area contributed by atoms with Gasteiger partial charge in [0.1, 0.15) is 0 Å². The number of benzene rings is 1. The van der Waals surface area contributed by atoms with Crippen molar-refractivity contribution in [2.45, 2.75) is 11.5 Å². The lowest BCUT2D eigenvalue weighted by atomic mass is 10.1. The number of oxazole rings is 1. The molecule has 2 aromatic rings. The first-order valence-electron chi connectivity index (χ1n) is 5.25. The van der Waals surface area contributed by atoms with Crippen molar-refractivity contribution in [1.29, 1.82) is 0 Å². The quantitative estimate of drug-likeness (QED) is 0.623. The zero-order chi connectivity index (χ0) is 14.0. The predicted octanol–water partition coefficient (Wildman–Crippen LogP) is 1.58. The first-order valence-corrected chi connectivity index (χ1v) is 7.14. The molecular formula is C11H10N2O5S. The molecule has 0 aliphatic rings. The van der Waals surface area contributed by atoms with Crippen molar-refractivity contribution in [2.24, 2.45) is 0 Å². The van der Waals surface area contributed by atoms with Crippen molar-refractivity contribution in [3.63, 3.8) is 0 Å². The van der Waals surface area contributed by atoms with Crippen LogP contribution in [0.3, 0.4) is 0 Å². The van der Waals surface area contributed by atoms with Crippen molar-refractivity contribution >= 4 is 15.5 Å². The monoisotopic (exact) mass is 282 g/mol. The van der Waals surface area contributed by atoms with Gasteiger partial charge in [0.15, 0.2) is 0 Å². The highest BCUT2D eigenvalue weighted by Crippen LogP contribution is 2.21. The van der Waals surface area contributed by atoms with Gasteiger partial charge in [-0.05, 0) is 0 Å². The molecular weight excluding hydrogens is 272 g/mol. The van der Waals surface area contributed by atoms with Crippen LogP contribution in [0.1, 0.15) is 11.5 Å². The van der Waals surface area contributed by atoms with Gasteiger partial charge in [0.2, 0.25) is 20.8 Å². The lowest BCUT2D eigenvalue weighted by molar-refractivity contribution is -0.385. The standard InChI is InChI=1S/C11H10N2O5S/c1-19(16,17)11-7-12-10(18-11)6-8-4-2-3-5-9(8)13(14)15/h2-5,7H,6H2,1H3. The maximum Gasteiger partial charge on any atom is 0.273 e. The van der Waals surface area contributed by atoms with Crippen LogP contribution >= 0.6 is 0 Å². The van der Waals surface area contributed by atoms with Crippen molar-refractivity contribution in [3.05, 3.63) is 52.0 Å². The molecule has 0 bridgehead atoms. The van der Waals surface area contributed by atoms with Crippen LogP contribution in [0.15, 0.2) is 40.0 Å². The highest BCUT2D eigenvalue weighted by molar-refractivity contribution is 7.90. The third-order valence-electron chi connectivity index (χ3n) is 2.43. The summed E-state index contributed by atoms with van der Waals surface area (Å²) in [6.45, 7) is 0. The molecule has 1 heterocycles. The van der Waals surface area contributed by atoms with E-state index in [0.29, 0.717) is 5.56 Å². The Morgan fingerprint density at radius 2 is 2.05 bits per heavy atom. The number of hydrogen-bond acceptors (Lipinski definition) is 6. The molecule has 8 heteroatoms. The second-order valence-electron chi connectivity index (χ2n) is 3.91. The van der Waals surface area contributed by atoms with E-state index in [1.54, 1.807) is 18.2 Å². The fourth-order valence-electron chi connectivity index (χ4n) is 1.55. The molecule has 0 saturated carbocycles. The van der Waals surface area contributed by atoms with Gasteiger partial charge in [-0.25, -0.2) is 13.4 Å². The summed E-state index contributed by atoms with van der Waals surface area (Å²) in [5.74, 6) is 0.120. The Kier molecular flexibility index (Phi) is 3.34. The van der Waals surface area contributed by atoms with Crippen LogP contribution in [-0.4, -0.2) is 24.6 Å². The Morgan fingerprint density at radius 3 is 2.63 bits per heavy atom. The zero-order valence-electron chi connectivity index (χ0n) is 9.94. The summed E-state index contributed by atoms with van der Waals surface area (Å²) in [6, 6.07) is 6.15. The maximum absolute atomic E-state index is 11.2. The molecule has 0 saturated heterocycles. The first-order chi connectivity index (χ1) is 8.88. The van der Waals surface area contributed by atoms with E-state index >= 15 is 0 Å². The predicted molar refractivity (Wildman–Crippen MR) is 65.5 cm³/mol. The second-order valence-corrected chi connectivity index (χ2v) is 5.85. The van der Waals surface area contributed by atoms with Crippen LogP contribution in [0.5, 0.6) is 0 Å². The summed E-state index contributed by atoms with van der Waals surface area (Å²) in [4.78, 5) is 14.1. The average molecular weight is 282 g/mol. The maximum atomic E-state index is 11.2. The van der Waals surface area contributed by atoms with Gasteiger partial charge in [-0.15, -0.1) is 0 Å². The number of hydrogen-bond donors (Lipinski definition) is 0. The van der Waals surface area contributed by atoms with Crippen molar-refractivity contribution in [2.75, 3.05) is 6.26 Å². The fraction of sp³-hybridized carbons (Fsp3) is 0.182. The molecule has 2 rings (SSSR count). The summed E-state index contributed by atoms with van der Waals surface area (Å²) in [7, 11) is -3.46. The van der Waals surface area contributed by atoms with Gasteiger partial charge in [0.25, 0.3) is 5.69 Å². The normalized spacial score (nSPS) is 11.4. The zero-order valence-corrected chi connectivity index (χ0v) is 10.8. The Balaban J connectivity index is 2.32. The Hall–Kier alpha value is -2.22. The van der Waals surface area contributed by atoms with Crippen LogP contribution in [0.2, 0.25) is 0 Å². The third kappa shape index (κ3) is 2.97. The van der Waals surface area contributed by atoms with Crippen molar-refractivity contribution in [3.8, 4) is 0 Å². The summed E-state index contributed by atoms with van der Waals surface area (Å²) in [5, 5.41) is 10.6. The number of sulfone groups is 1. The molecule has 1 aromatic heterocycles. The van der Waals surface area contributed by atoms with E-state index in [2.05, 4.69) is 4.98 Å². The summed E-state index contributed by atoms with van der Waals surface area (Å²) in [6.07, 6.45) is 2.16. The molecule has 0 amide bonds. The lowest BCUT2D eigenvalue weighted by Gasteiger charge is -1.99. The Labute approximate surface area is 109 Å². The van der Waals surface area contributed by atoms with Gasteiger partial charge >= 0.3 is 0 Å². The van der Waals surface area contributed by atoms with Crippen LogP contribution in [0, 0.1) is 10.1 Å². The van der Waals surface area contributed by atoms with E-state index in [4.69, 9.17) is 4.42 Å². The smallest absolute Gasteiger partial charge is 0.273 e. The summed E-state index contributed by atoms with van der Waals surface area (Å²) >= 11 is 0. The van der Waals surface area contributed by atoms with Gasteiger partial charge in [0.05, 0.1) is 17.5 Å². The third-order valence-corrected chi connectivity index (χ3v) is 3.35. The van der Waals surface area contributed by atoms with Gasteiger partial charge in [-0.2, -0.15) is 0 Å². The topological polar surface area (TPSA) is 103 Å². The highest BCUT2D eigenvalue weighted by Gasteiger charge is 2.18.